The Balaban J connectivity index is 1.70. The number of hydrogen-bond acceptors (Lipinski definition) is 8. The van der Waals surface area contributed by atoms with Gasteiger partial charge in [0.15, 0.2) is 10.8 Å². The average molecular weight is 453 g/mol. The molecule has 1 atom stereocenters. The van der Waals surface area contributed by atoms with E-state index >= 15 is 0 Å². The van der Waals surface area contributed by atoms with E-state index in [1.165, 1.54) is 11.3 Å². The highest BCUT2D eigenvalue weighted by atomic mass is 32.1. The molecule has 1 aliphatic rings. The minimum Gasteiger partial charge on any atom is -0.497 e. The maximum Gasteiger partial charge on any atom is 0.278 e. The Kier molecular flexibility index (Phi) is 6.18. The van der Waals surface area contributed by atoms with Crippen molar-refractivity contribution in [2.24, 2.45) is 0 Å². The smallest absolute Gasteiger partial charge is 0.278 e. The summed E-state index contributed by atoms with van der Waals surface area (Å²) in [5, 5.41) is 2.09. The van der Waals surface area contributed by atoms with E-state index in [-0.39, 0.29) is 17.6 Å². The predicted octanol–water partition coefficient (Wildman–Crippen LogP) is 3.00. The lowest BCUT2D eigenvalue weighted by molar-refractivity contribution is 0.0974. The number of ether oxygens (including phenoxy) is 2. The molecule has 32 heavy (non-hydrogen) atoms. The molecule has 1 unspecified atom stereocenters. The first kappa shape index (κ1) is 21.5. The highest BCUT2D eigenvalue weighted by Gasteiger charge is 2.34. The van der Waals surface area contributed by atoms with Crippen molar-refractivity contribution in [2.75, 3.05) is 37.1 Å². The fourth-order valence-electron chi connectivity index (χ4n) is 3.59. The fourth-order valence-corrected chi connectivity index (χ4v) is 4.19. The van der Waals surface area contributed by atoms with E-state index in [0.717, 1.165) is 12.4 Å². The number of hydrogen-bond donors (Lipinski definition) is 0. The van der Waals surface area contributed by atoms with Gasteiger partial charge >= 0.3 is 0 Å². The van der Waals surface area contributed by atoms with Crippen molar-refractivity contribution in [3.05, 3.63) is 52.5 Å². The monoisotopic (exact) mass is 453 g/mol. The van der Waals surface area contributed by atoms with Gasteiger partial charge in [-0.25, -0.2) is 19.3 Å². The van der Waals surface area contributed by atoms with E-state index in [4.69, 9.17) is 15.9 Å². The van der Waals surface area contributed by atoms with E-state index in [1.807, 2.05) is 4.90 Å². The van der Waals surface area contributed by atoms with E-state index in [1.54, 1.807) is 42.7 Å². The third-order valence-electron chi connectivity index (χ3n) is 5.10. The molecule has 4 rings (SSSR count). The molecule has 0 N–H and O–H groups in total. The maximum absolute atomic E-state index is 13.6. The molecule has 0 bridgehead atoms. The lowest BCUT2D eigenvalue weighted by atomic mass is 10.1. The maximum atomic E-state index is 13.6. The molecule has 164 valence electrons. The molecular formula is C22H20FN5O3S. The molecule has 0 aliphatic carbocycles. The summed E-state index contributed by atoms with van der Waals surface area (Å²) in [4.78, 5) is 29.5. The van der Waals surface area contributed by atoms with Gasteiger partial charge in [0.25, 0.3) is 5.91 Å². The fraction of sp³-hybridized carbons (Fsp3) is 0.273. The molecular weight excluding hydrogens is 433 g/mol. The van der Waals surface area contributed by atoms with Crippen LogP contribution in [-0.4, -0.2) is 54.2 Å². The number of amides is 1. The van der Waals surface area contributed by atoms with E-state index < -0.39 is 5.82 Å². The number of terminal acetylenes is 1. The first-order chi connectivity index (χ1) is 15.5. The van der Waals surface area contributed by atoms with Gasteiger partial charge in [-0.15, -0.1) is 17.8 Å². The van der Waals surface area contributed by atoms with Gasteiger partial charge < -0.3 is 19.3 Å². The Morgan fingerprint density at radius 1 is 1.25 bits per heavy atom. The van der Waals surface area contributed by atoms with Crippen LogP contribution in [0.2, 0.25) is 0 Å². The SMILES string of the molecule is C#Cc1nc(C(=O)N(c2cc(OC)cc(OC)c2)C2CCN(c3ncc(F)cn3)C2)cs1. The summed E-state index contributed by atoms with van der Waals surface area (Å²) < 4.78 is 24.0. The number of thiazole rings is 1. The van der Waals surface area contributed by atoms with Gasteiger partial charge in [-0.1, -0.05) is 0 Å². The van der Waals surface area contributed by atoms with Crippen LogP contribution in [0.3, 0.4) is 0 Å². The third kappa shape index (κ3) is 4.33. The molecule has 0 radical (unpaired) electrons. The van der Waals surface area contributed by atoms with Crippen LogP contribution in [-0.2, 0) is 0 Å². The van der Waals surface area contributed by atoms with Crippen LogP contribution in [0.15, 0.2) is 36.0 Å². The molecule has 0 spiro atoms. The molecule has 1 amide bonds. The van der Waals surface area contributed by atoms with Crippen molar-refractivity contribution in [1.82, 2.24) is 15.0 Å². The highest BCUT2D eigenvalue weighted by molar-refractivity contribution is 7.10. The highest BCUT2D eigenvalue weighted by Crippen LogP contribution is 2.33. The largest absolute Gasteiger partial charge is 0.497 e. The summed E-state index contributed by atoms with van der Waals surface area (Å²) in [7, 11) is 3.10. The summed E-state index contributed by atoms with van der Waals surface area (Å²) in [6, 6.07) is 5.06. The Bertz CT molecular complexity index is 1140. The number of halogens is 1. The molecule has 1 fully saturated rings. The molecule has 0 saturated carbocycles. The predicted molar refractivity (Wildman–Crippen MR) is 119 cm³/mol. The molecule has 1 aromatic carbocycles. The van der Waals surface area contributed by atoms with Crippen molar-refractivity contribution in [3.8, 4) is 23.8 Å². The molecule has 10 heteroatoms. The first-order valence-electron chi connectivity index (χ1n) is 9.73. The van der Waals surface area contributed by atoms with Gasteiger partial charge in [0.1, 0.15) is 17.2 Å². The minimum atomic E-state index is -0.502. The van der Waals surface area contributed by atoms with Gasteiger partial charge in [0.05, 0.1) is 38.3 Å². The van der Waals surface area contributed by atoms with Gasteiger partial charge in [0, 0.05) is 36.7 Å². The Labute approximate surface area is 188 Å². The Morgan fingerprint density at radius 2 is 1.94 bits per heavy atom. The number of aromatic nitrogens is 3. The van der Waals surface area contributed by atoms with Gasteiger partial charge in [0.2, 0.25) is 5.95 Å². The van der Waals surface area contributed by atoms with Crippen LogP contribution >= 0.6 is 11.3 Å². The van der Waals surface area contributed by atoms with Crippen molar-refractivity contribution in [3.63, 3.8) is 0 Å². The first-order valence-corrected chi connectivity index (χ1v) is 10.6. The van der Waals surface area contributed by atoms with E-state index in [2.05, 4.69) is 20.9 Å². The number of carbonyl (C=O) groups excluding carboxylic acids is 1. The van der Waals surface area contributed by atoms with Crippen molar-refractivity contribution >= 4 is 28.9 Å². The lowest BCUT2D eigenvalue weighted by Gasteiger charge is -2.29. The zero-order valence-electron chi connectivity index (χ0n) is 17.5. The minimum absolute atomic E-state index is 0.219. The van der Waals surface area contributed by atoms with Gasteiger partial charge in [-0.2, -0.15) is 0 Å². The van der Waals surface area contributed by atoms with E-state index in [9.17, 15) is 9.18 Å². The average Bonchev–Trinajstić information content (AvgIpc) is 3.49. The Hall–Kier alpha value is -3.71. The third-order valence-corrected chi connectivity index (χ3v) is 5.87. The normalized spacial score (nSPS) is 15.3. The van der Waals surface area contributed by atoms with Crippen LogP contribution in [0, 0.1) is 18.2 Å². The second-order valence-corrected chi connectivity index (χ2v) is 7.88. The molecule has 3 heterocycles. The van der Waals surface area contributed by atoms with Crippen molar-refractivity contribution in [2.45, 2.75) is 12.5 Å². The van der Waals surface area contributed by atoms with Crippen molar-refractivity contribution < 1.29 is 18.7 Å². The van der Waals surface area contributed by atoms with Crippen LogP contribution in [0.1, 0.15) is 21.9 Å². The second-order valence-electron chi connectivity index (χ2n) is 7.02. The lowest BCUT2D eigenvalue weighted by Crippen LogP contribution is -2.42. The standard InChI is InChI=1S/C22H20FN5O3S/c1-4-20-26-19(13-32-20)21(29)28(16-7-17(30-2)9-18(8-16)31-3)15-5-6-27(12-15)22-24-10-14(23)11-25-22/h1,7-11,13,15H,5-6,12H2,2-3H3. The zero-order valence-corrected chi connectivity index (χ0v) is 18.3. The van der Waals surface area contributed by atoms with Gasteiger partial charge in [-0.3, -0.25) is 4.79 Å². The van der Waals surface area contributed by atoms with Gasteiger partial charge in [-0.05, 0) is 12.3 Å². The molecule has 2 aromatic heterocycles. The summed E-state index contributed by atoms with van der Waals surface area (Å²) in [5.41, 5.74) is 0.870. The molecule has 3 aromatic rings. The molecule has 8 nitrogen and oxygen atoms in total. The topological polar surface area (TPSA) is 80.7 Å². The number of benzene rings is 1. The van der Waals surface area contributed by atoms with Crippen LogP contribution in [0.25, 0.3) is 0 Å². The summed E-state index contributed by atoms with van der Waals surface area (Å²) in [6.07, 6.45) is 8.34. The summed E-state index contributed by atoms with van der Waals surface area (Å²) in [6.45, 7) is 1.07. The quantitative estimate of drug-likeness (QED) is 0.531. The van der Waals surface area contributed by atoms with E-state index in [0.29, 0.717) is 47.7 Å². The van der Waals surface area contributed by atoms with Crippen LogP contribution in [0.4, 0.5) is 16.0 Å². The number of anilines is 2. The number of nitrogens with zero attached hydrogens (tertiary/aromatic N) is 5. The number of methoxy groups -OCH3 is 2. The van der Waals surface area contributed by atoms with Crippen LogP contribution in [0.5, 0.6) is 11.5 Å². The number of carbonyl (C=O) groups is 1. The van der Waals surface area contributed by atoms with Crippen molar-refractivity contribution in [1.29, 1.82) is 0 Å². The summed E-state index contributed by atoms with van der Waals surface area (Å²) >= 11 is 1.24. The zero-order chi connectivity index (χ0) is 22.7. The Morgan fingerprint density at radius 3 is 2.53 bits per heavy atom. The second kappa shape index (κ2) is 9.20. The molecule has 1 saturated heterocycles. The molecule has 1 aliphatic heterocycles. The number of rotatable bonds is 6. The van der Waals surface area contributed by atoms with Crippen LogP contribution < -0.4 is 19.3 Å². The summed E-state index contributed by atoms with van der Waals surface area (Å²) in [5.74, 6) is 3.19.